The Morgan fingerprint density at radius 3 is 2.64 bits per heavy atom. The highest BCUT2D eigenvalue weighted by atomic mass is 16.3. The SMILES string of the molecule is CN(C)CC(=O)N[C@@H]1CCCC[C@H]1O. The molecule has 0 saturated heterocycles. The monoisotopic (exact) mass is 200 g/mol. The molecule has 0 unspecified atom stereocenters. The van der Waals surface area contributed by atoms with E-state index in [1.54, 1.807) is 0 Å². The number of carbonyl (C=O) groups is 1. The van der Waals surface area contributed by atoms with Gasteiger partial charge in [-0.2, -0.15) is 0 Å². The van der Waals surface area contributed by atoms with E-state index in [0.717, 1.165) is 25.7 Å². The third-order valence-corrected chi connectivity index (χ3v) is 2.54. The van der Waals surface area contributed by atoms with Crippen LogP contribution in [0.4, 0.5) is 0 Å². The summed E-state index contributed by atoms with van der Waals surface area (Å²) in [5, 5.41) is 12.5. The second-order valence-corrected chi connectivity index (χ2v) is 4.26. The number of amides is 1. The van der Waals surface area contributed by atoms with Gasteiger partial charge < -0.3 is 15.3 Å². The summed E-state index contributed by atoms with van der Waals surface area (Å²) in [4.78, 5) is 13.2. The number of hydrogen-bond donors (Lipinski definition) is 2. The molecule has 4 nitrogen and oxygen atoms in total. The van der Waals surface area contributed by atoms with Crippen molar-refractivity contribution in [2.24, 2.45) is 0 Å². The number of aliphatic hydroxyl groups is 1. The summed E-state index contributed by atoms with van der Waals surface area (Å²) in [7, 11) is 3.72. The lowest BCUT2D eigenvalue weighted by Crippen LogP contribution is -2.47. The molecule has 0 aliphatic heterocycles. The molecular weight excluding hydrogens is 180 g/mol. The molecule has 0 aromatic carbocycles. The Balaban J connectivity index is 2.31. The first kappa shape index (κ1) is 11.5. The van der Waals surface area contributed by atoms with Gasteiger partial charge in [-0.25, -0.2) is 0 Å². The zero-order chi connectivity index (χ0) is 10.6. The van der Waals surface area contributed by atoms with E-state index in [9.17, 15) is 9.90 Å². The Hall–Kier alpha value is -0.610. The topological polar surface area (TPSA) is 52.6 Å². The summed E-state index contributed by atoms with van der Waals surface area (Å²) in [6.45, 7) is 0.392. The van der Waals surface area contributed by atoms with Crippen LogP contribution < -0.4 is 5.32 Å². The molecule has 0 spiro atoms. The lowest BCUT2D eigenvalue weighted by atomic mass is 9.92. The summed E-state index contributed by atoms with van der Waals surface area (Å²) in [6.07, 6.45) is 3.54. The van der Waals surface area contributed by atoms with Crippen molar-refractivity contribution in [3.05, 3.63) is 0 Å². The van der Waals surface area contributed by atoms with E-state index >= 15 is 0 Å². The maximum Gasteiger partial charge on any atom is 0.234 e. The third kappa shape index (κ3) is 3.64. The molecule has 1 aliphatic rings. The van der Waals surface area contributed by atoms with Crippen LogP contribution in [0.15, 0.2) is 0 Å². The number of carbonyl (C=O) groups excluding carboxylic acids is 1. The van der Waals surface area contributed by atoms with E-state index in [2.05, 4.69) is 5.32 Å². The van der Waals surface area contributed by atoms with Crippen molar-refractivity contribution in [1.29, 1.82) is 0 Å². The van der Waals surface area contributed by atoms with Crippen molar-refractivity contribution < 1.29 is 9.90 Å². The van der Waals surface area contributed by atoms with Crippen molar-refractivity contribution in [3.8, 4) is 0 Å². The van der Waals surface area contributed by atoms with Crippen molar-refractivity contribution in [2.45, 2.75) is 37.8 Å². The van der Waals surface area contributed by atoms with Gasteiger partial charge in [-0.3, -0.25) is 4.79 Å². The number of likely N-dealkylation sites (N-methyl/N-ethyl adjacent to an activating group) is 1. The molecule has 0 aromatic rings. The highest BCUT2D eigenvalue weighted by Gasteiger charge is 2.24. The van der Waals surface area contributed by atoms with E-state index in [1.807, 2.05) is 19.0 Å². The Morgan fingerprint density at radius 2 is 2.07 bits per heavy atom. The molecule has 4 heteroatoms. The Kier molecular flexibility index (Phi) is 4.35. The summed E-state index contributed by atoms with van der Waals surface area (Å²) in [6, 6.07) is -0.0313. The smallest absolute Gasteiger partial charge is 0.234 e. The summed E-state index contributed by atoms with van der Waals surface area (Å²) < 4.78 is 0. The molecule has 1 fully saturated rings. The summed E-state index contributed by atoms with van der Waals surface area (Å²) in [5.41, 5.74) is 0. The predicted molar refractivity (Wildman–Crippen MR) is 55.0 cm³/mol. The molecular formula is C10H20N2O2. The molecule has 0 radical (unpaired) electrons. The van der Waals surface area contributed by atoms with Crippen LogP contribution >= 0.6 is 0 Å². The van der Waals surface area contributed by atoms with Gasteiger partial charge in [0.05, 0.1) is 18.7 Å². The van der Waals surface area contributed by atoms with E-state index < -0.39 is 0 Å². The van der Waals surface area contributed by atoms with E-state index in [0.29, 0.717) is 6.54 Å². The minimum absolute atomic E-state index is 0.000880. The second kappa shape index (κ2) is 5.32. The van der Waals surface area contributed by atoms with Crippen LogP contribution in [0.1, 0.15) is 25.7 Å². The quantitative estimate of drug-likeness (QED) is 0.672. The zero-order valence-corrected chi connectivity index (χ0v) is 8.99. The van der Waals surface area contributed by atoms with E-state index in [-0.39, 0.29) is 18.1 Å². The molecule has 82 valence electrons. The van der Waals surface area contributed by atoms with E-state index in [4.69, 9.17) is 0 Å². The largest absolute Gasteiger partial charge is 0.391 e. The van der Waals surface area contributed by atoms with Crippen LogP contribution in [-0.4, -0.2) is 48.7 Å². The van der Waals surface area contributed by atoms with Gasteiger partial charge in [-0.05, 0) is 26.9 Å². The van der Waals surface area contributed by atoms with Crippen LogP contribution in [-0.2, 0) is 4.79 Å². The van der Waals surface area contributed by atoms with Crippen molar-refractivity contribution in [1.82, 2.24) is 10.2 Å². The van der Waals surface area contributed by atoms with Crippen LogP contribution in [0.25, 0.3) is 0 Å². The van der Waals surface area contributed by atoms with Gasteiger partial charge in [0.2, 0.25) is 5.91 Å². The van der Waals surface area contributed by atoms with Gasteiger partial charge in [0.15, 0.2) is 0 Å². The highest BCUT2D eigenvalue weighted by Crippen LogP contribution is 2.18. The standard InChI is InChI=1S/C10H20N2O2/c1-12(2)7-10(14)11-8-5-3-4-6-9(8)13/h8-9,13H,3-7H2,1-2H3,(H,11,14)/t8-,9-/m1/s1. The maximum atomic E-state index is 11.4. The lowest BCUT2D eigenvalue weighted by Gasteiger charge is -2.28. The summed E-state index contributed by atoms with van der Waals surface area (Å²) >= 11 is 0. The molecule has 1 amide bonds. The second-order valence-electron chi connectivity index (χ2n) is 4.26. The minimum Gasteiger partial charge on any atom is -0.391 e. The molecule has 0 bridgehead atoms. The Morgan fingerprint density at radius 1 is 1.43 bits per heavy atom. The van der Waals surface area contributed by atoms with Gasteiger partial charge in [0.1, 0.15) is 0 Å². The Bertz CT molecular complexity index is 195. The number of hydrogen-bond acceptors (Lipinski definition) is 3. The number of nitrogens with one attached hydrogen (secondary N) is 1. The van der Waals surface area contributed by atoms with Crippen LogP contribution in [0.3, 0.4) is 0 Å². The maximum absolute atomic E-state index is 11.4. The molecule has 0 heterocycles. The molecule has 1 rings (SSSR count). The van der Waals surface area contributed by atoms with Crippen LogP contribution in [0.2, 0.25) is 0 Å². The third-order valence-electron chi connectivity index (χ3n) is 2.54. The fraction of sp³-hybridized carbons (Fsp3) is 0.900. The normalized spacial score (nSPS) is 27.7. The van der Waals surface area contributed by atoms with Crippen molar-refractivity contribution in [2.75, 3.05) is 20.6 Å². The van der Waals surface area contributed by atoms with Gasteiger partial charge in [0.25, 0.3) is 0 Å². The minimum atomic E-state index is -0.352. The van der Waals surface area contributed by atoms with Crippen molar-refractivity contribution >= 4 is 5.91 Å². The fourth-order valence-electron chi connectivity index (χ4n) is 1.82. The van der Waals surface area contributed by atoms with Gasteiger partial charge in [-0.1, -0.05) is 12.8 Å². The van der Waals surface area contributed by atoms with Crippen molar-refractivity contribution in [3.63, 3.8) is 0 Å². The fourth-order valence-corrected chi connectivity index (χ4v) is 1.82. The molecule has 14 heavy (non-hydrogen) atoms. The zero-order valence-electron chi connectivity index (χ0n) is 8.99. The van der Waals surface area contributed by atoms with Gasteiger partial charge in [0, 0.05) is 0 Å². The van der Waals surface area contributed by atoms with Crippen LogP contribution in [0.5, 0.6) is 0 Å². The number of nitrogens with zero attached hydrogens (tertiary/aromatic N) is 1. The first-order chi connectivity index (χ1) is 6.59. The molecule has 1 aliphatic carbocycles. The van der Waals surface area contributed by atoms with Gasteiger partial charge >= 0.3 is 0 Å². The van der Waals surface area contributed by atoms with E-state index in [1.165, 1.54) is 0 Å². The molecule has 1 saturated carbocycles. The average Bonchev–Trinajstić information content (AvgIpc) is 2.07. The highest BCUT2D eigenvalue weighted by molar-refractivity contribution is 5.78. The molecule has 2 N–H and O–H groups in total. The number of aliphatic hydroxyl groups excluding tert-OH is 1. The average molecular weight is 200 g/mol. The Labute approximate surface area is 85.3 Å². The lowest BCUT2D eigenvalue weighted by molar-refractivity contribution is -0.123. The first-order valence-electron chi connectivity index (χ1n) is 5.22. The summed E-state index contributed by atoms with van der Waals surface area (Å²) in [5.74, 6) is 0.000880. The predicted octanol–water partition coefficient (Wildman–Crippen LogP) is -0.0323. The van der Waals surface area contributed by atoms with Crippen LogP contribution in [0, 0.1) is 0 Å². The van der Waals surface area contributed by atoms with Gasteiger partial charge in [-0.15, -0.1) is 0 Å². The number of rotatable bonds is 3. The molecule has 0 aromatic heterocycles. The first-order valence-corrected chi connectivity index (χ1v) is 5.22. The molecule has 2 atom stereocenters.